The van der Waals surface area contributed by atoms with Gasteiger partial charge in [-0.2, -0.15) is 0 Å². The molecule has 2 fully saturated rings. The quantitative estimate of drug-likeness (QED) is 0.384. The number of benzene rings is 3. The molecule has 180 valence electrons. The van der Waals surface area contributed by atoms with Crippen molar-refractivity contribution < 1.29 is 4.79 Å². The van der Waals surface area contributed by atoms with E-state index in [1.807, 2.05) is 53.4 Å². The Morgan fingerprint density at radius 1 is 0.857 bits per heavy atom. The Bertz CT molecular complexity index is 1170. The molecule has 2 aliphatic rings. The Labute approximate surface area is 217 Å². The van der Waals surface area contributed by atoms with Gasteiger partial charge >= 0.3 is 0 Å². The standard InChI is InChI=1S/C29H30ClN3OS/c1-22(24-7-3-2-4-8-24)31-14-16-32(17-15-31)27-19-33(20-27)29(34)25-10-12-28(13-11-25)35-21-23-6-5-9-26(30)18-23/h2-13,18,27H,1,14-17,19-21H2. The van der Waals surface area contributed by atoms with Crippen molar-refractivity contribution in [3.8, 4) is 0 Å². The molecule has 2 aliphatic heterocycles. The number of hydrogen-bond donors (Lipinski definition) is 0. The SMILES string of the molecule is C=C(c1ccccc1)N1CCN(C2CN(C(=O)c3ccc(SCc4cccc(Cl)c4)cc3)C2)CC1. The van der Waals surface area contributed by atoms with Crippen molar-refractivity contribution in [2.24, 2.45) is 0 Å². The Hall–Kier alpha value is -2.73. The molecule has 35 heavy (non-hydrogen) atoms. The average molecular weight is 504 g/mol. The highest BCUT2D eigenvalue weighted by molar-refractivity contribution is 7.98. The molecular formula is C29H30ClN3OS. The molecule has 0 unspecified atom stereocenters. The second kappa shape index (κ2) is 10.9. The minimum atomic E-state index is 0.128. The fraction of sp³-hybridized carbons (Fsp3) is 0.276. The molecule has 0 bridgehead atoms. The number of thioether (sulfide) groups is 1. The highest BCUT2D eigenvalue weighted by Crippen LogP contribution is 2.26. The number of likely N-dealkylation sites (tertiary alicyclic amines) is 1. The number of piperazine rings is 1. The lowest BCUT2D eigenvalue weighted by molar-refractivity contribution is 0.0144. The minimum absolute atomic E-state index is 0.128. The van der Waals surface area contributed by atoms with Crippen LogP contribution in [0, 0.1) is 0 Å². The maximum atomic E-state index is 12.9. The topological polar surface area (TPSA) is 26.8 Å². The van der Waals surface area contributed by atoms with Gasteiger partial charge in [0.2, 0.25) is 0 Å². The van der Waals surface area contributed by atoms with Gasteiger partial charge in [-0.25, -0.2) is 0 Å². The lowest BCUT2D eigenvalue weighted by Crippen LogP contribution is -2.64. The van der Waals surface area contributed by atoms with E-state index in [0.29, 0.717) is 6.04 Å². The van der Waals surface area contributed by atoms with E-state index in [-0.39, 0.29) is 5.91 Å². The lowest BCUT2D eigenvalue weighted by atomic mass is 10.0. The number of carbonyl (C=O) groups is 1. The van der Waals surface area contributed by atoms with Crippen molar-refractivity contribution in [1.82, 2.24) is 14.7 Å². The van der Waals surface area contributed by atoms with E-state index in [4.69, 9.17) is 11.6 Å². The van der Waals surface area contributed by atoms with Crippen molar-refractivity contribution in [1.29, 1.82) is 0 Å². The molecule has 0 saturated carbocycles. The van der Waals surface area contributed by atoms with Gasteiger partial charge in [-0.05, 0) is 47.5 Å². The van der Waals surface area contributed by atoms with Crippen molar-refractivity contribution in [3.63, 3.8) is 0 Å². The van der Waals surface area contributed by atoms with Crippen molar-refractivity contribution in [3.05, 3.63) is 107 Å². The first-order valence-electron chi connectivity index (χ1n) is 12.1. The molecule has 1 amide bonds. The molecule has 0 aromatic heterocycles. The largest absolute Gasteiger partial charge is 0.369 e. The molecule has 0 atom stereocenters. The monoisotopic (exact) mass is 503 g/mol. The van der Waals surface area contributed by atoms with Crippen molar-refractivity contribution >= 4 is 35.0 Å². The summed E-state index contributed by atoms with van der Waals surface area (Å²) in [4.78, 5) is 21.0. The summed E-state index contributed by atoms with van der Waals surface area (Å²) in [6, 6.07) is 26.8. The maximum Gasteiger partial charge on any atom is 0.253 e. The fourth-order valence-electron chi connectivity index (χ4n) is 4.69. The summed E-state index contributed by atoms with van der Waals surface area (Å²) < 4.78 is 0. The van der Waals surface area contributed by atoms with Crippen LogP contribution >= 0.6 is 23.4 Å². The van der Waals surface area contributed by atoms with E-state index in [1.54, 1.807) is 11.8 Å². The van der Waals surface area contributed by atoms with E-state index in [1.165, 1.54) is 11.1 Å². The summed E-state index contributed by atoms with van der Waals surface area (Å²) in [5.41, 5.74) is 4.25. The first-order valence-corrected chi connectivity index (χ1v) is 13.4. The Balaban J connectivity index is 1.07. The number of amides is 1. The van der Waals surface area contributed by atoms with Gasteiger partial charge in [-0.1, -0.05) is 60.6 Å². The smallest absolute Gasteiger partial charge is 0.253 e. The highest BCUT2D eigenvalue weighted by Gasteiger charge is 2.36. The molecule has 5 rings (SSSR count). The van der Waals surface area contributed by atoms with Gasteiger partial charge < -0.3 is 9.80 Å². The number of nitrogens with zero attached hydrogens (tertiary/aromatic N) is 3. The zero-order valence-electron chi connectivity index (χ0n) is 19.8. The van der Waals surface area contributed by atoms with Crippen LogP contribution in [0.4, 0.5) is 0 Å². The van der Waals surface area contributed by atoms with Crippen molar-refractivity contribution in [2.75, 3.05) is 39.3 Å². The second-order valence-electron chi connectivity index (χ2n) is 9.14. The zero-order valence-corrected chi connectivity index (χ0v) is 21.3. The minimum Gasteiger partial charge on any atom is -0.369 e. The van der Waals surface area contributed by atoms with Gasteiger partial charge in [-0.15, -0.1) is 11.8 Å². The normalized spacial score (nSPS) is 16.7. The van der Waals surface area contributed by atoms with Gasteiger partial charge in [0.25, 0.3) is 5.91 Å². The Morgan fingerprint density at radius 2 is 1.57 bits per heavy atom. The highest BCUT2D eigenvalue weighted by atomic mass is 35.5. The molecule has 0 aliphatic carbocycles. The van der Waals surface area contributed by atoms with Crippen LogP contribution in [0.5, 0.6) is 0 Å². The molecule has 6 heteroatoms. The third-order valence-electron chi connectivity index (χ3n) is 6.86. The third-order valence-corrected chi connectivity index (χ3v) is 8.18. The van der Waals surface area contributed by atoms with E-state index < -0.39 is 0 Å². The first kappa shape index (κ1) is 24.0. The van der Waals surface area contributed by atoms with Crippen LogP contribution in [0.25, 0.3) is 5.70 Å². The summed E-state index contributed by atoms with van der Waals surface area (Å²) >= 11 is 7.82. The molecule has 2 saturated heterocycles. The number of rotatable bonds is 7. The summed E-state index contributed by atoms with van der Waals surface area (Å²) in [6.07, 6.45) is 0. The number of halogens is 1. The summed E-state index contributed by atoms with van der Waals surface area (Å²) in [5, 5.41) is 0.761. The van der Waals surface area contributed by atoms with E-state index in [9.17, 15) is 4.79 Å². The molecule has 3 aromatic rings. The van der Waals surface area contributed by atoms with Crippen molar-refractivity contribution in [2.45, 2.75) is 16.7 Å². The van der Waals surface area contributed by atoms with E-state index in [0.717, 1.165) is 66.2 Å². The maximum absolute atomic E-state index is 12.9. The molecule has 0 radical (unpaired) electrons. The van der Waals surface area contributed by atoms with Crippen LogP contribution in [0.15, 0.2) is 90.3 Å². The molecule has 3 aromatic carbocycles. The van der Waals surface area contributed by atoms with Crippen LogP contribution in [-0.2, 0) is 5.75 Å². The Kier molecular flexibility index (Phi) is 7.47. The second-order valence-corrected chi connectivity index (χ2v) is 10.6. The van der Waals surface area contributed by atoms with Gasteiger partial charge in [0.15, 0.2) is 0 Å². The number of carbonyl (C=O) groups excluding carboxylic acids is 1. The van der Waals surface area contributed by atoms with Gasteiger partial charge in [0, 0.05) is 72.2 Å². The summed E-state index contributed by atoms with van der Waals surface area (Å²) in [6.45, 7) is 9.90. The fourth-order valence-corrected chi connectivity index (χ4v) is 5.75. The third kappa shape index (κ3) is 5.75. The predicted octanol–water partition coefficient (Wildman–Crippen LogP) is 5.75. The predicted molar refractivity (Wildman–Crippen MR) is 146 cm³/mol. The van der Waals surface area contributed by atoms with E-state index in [2.05, 4.69) is 46.7 Å². The zero-order chi connectivity index (χ0) is 24.2. The van der Waals surface area contributed by atoms with Crippen LogP contribution in [-0.4, -0.2) is 65.9 Å². The first-order chi connectivity index (χ1) is 17.1. The summed E-state index contributed by atoms with van der Waals surface area (Å²) in [5.74, 6) is 0.983. The van der Waals surface area contributed by atoms with Gasteiger partial charge in [-0.3, -0.25) is 9.69 Å². The number of hydrogen-bond acceptors (Lipinski definition) is 4. The summed E-state index contributed by atoms with van der Waals surface area (Å²) in [7, 11) is 0. The lowest BCUT2D eigenvalue weighted by Gasteiger charge is -2.48. The van der Waals surface area contributed by atoms with Gasteiger partial charge in [0.1, 0.15) is 0 Å². The van der Waals surface area contributed by atoms with E-state index >= 15 is 0 Å². The Morgan fingerprint density at radius 3 is 2.26 bits per heavy atom. The van der Waals surface area contributed by atoms with Crippen LogP contribution in [0.2, 0.25) is 5.02 Å². The molecule has 4 nitrogen and oxygen atoms in total. The average Bonchev–Trinajstić information content (AvgIpc) is 2.87. The molecular weight excluding hydrogens is 474 g/mol. The molecule has 0 N–H and O–H groups in total. The van der Waals surface area contributed by atoms with Gasteiger partial charge in [0.05, 0.1) is 0 Å². The van der Waals surface area contributed by atoms with Crippen LogP contribution in [0.3, 0.4) is 0 Å². The molecule has 2 heterocycles. The van der Waals surface area contributed by atoms with Crippen LogP contribution in [0.1, 0.15) is 21.5 Å². The molecule has 0 spiro atoms. The van der Waals surface area contributed by atoms with Crippen LogP contribution < -0.4 is 0 Å².